The number of nitrogens with one attached hydrogen (secondary N) is 1. The molecule has 0 spiro atoms. The normalized spacial score (nSPS) is 19.1. The van der Waals surface area contributed by atoms with Gasteiger partial charge in [-0.15, -0.1) is 0 Å². The molecule has 0 aliphatic carbocycles. The molecule has 0 radical (unpaired) electrons. The van der Waals surface area contributed by atoms with Crippen LogP contribution in [0.25, 0.3) is 10.4 Å². The Labute approximate surface area is 260 Å². The number of carbonyl (C=O) groups is 1. The maximum Gasteiger partial charge on any atom is 0.435 e. The largest absolute Gasteiger partial charge is 0.457 e. The third kappa shape index (κ3) is 14.5. The molecule has 0 aromatic carbocycles. The van der Waals surface area contributed by atoms with E-state index in [1.54, 1.807) is 0 Å². The molecule has 14 nitrogen and oxygen atoms in total. The van der Waals surface area contributed by atoms with Gasteiger partial charge >= 0.3 is 19.0 Å². The van der Waals surface area contributed by atoms with Crippen LogP contribution in [0.3, 0.4) is 0 Å². The average Bonchev–Trinajstić information content (AvgIpc) is 3.38. The number of nitrogens with zero attached hydrogens (tertiary/aromatic N) is 4. The highest BCUT2D eigenvalue weighted by Gasteiger charge is 2.40. The third-order valence-corrected chi connectivity index (χ3v) is 8.82. The van der Waals surface area contributed by atoms with Gasteiger partial charge < -0.3 is 20.5 Å². The zero-order chi connectivity index (χ0) is 31.5. The second-order valence-electron chi connectivity index (χ2n) is 11.3. The molecule has 1 saturated heterocycles. The second kappa shape index (κ2) is 22.1. The van der Waals surface area contributed by atoms with Crippen LogP contribution in [-0.2, 0) is 18.6 Å². The lowest BCUT2D eigenvalue weighted by Gasteiger charge is -2.18. The molecule has 15 heteroatoms. The van der Waals surface area contributed by atoms with Gasteiger partial charge in [-0.25, -0.2) is 14.2 Å². The fraction of sp³-hybridized carbons (Fsp3) is 0.828. The quantitative estimate of drug-likeness (QED) is 0.0351. The van der Waals surface area contributed by atoms with Gasteiger partial charge in [-0.2, -0.15) is 0 Å². The number of hydrogen-bond donors (Lipinski definition) is 3. The van der Waals surface area contributed by atoms with E-state index in [1.165, 1.54) is 90.2 Å². The molecule has 1 aliphatic heterocycles. The molecule has 5 N–H and O–H groups in total. The van der Waals surface area contributed by atoms with E-state index in [9.17, 15) is 23.8 Å². The lowest BCUT2D eigenvalue weighted by molar-refractivity contribution is -0.0239. The monoisotopic (exact) mass is 644 g/mol. The molecule has 44 heavy (non-hydrogen) atoms. The predicted molar refractivity (Wildman–Crippen MR) is 169 cm³/mol. The van der Waals surface area contributed by atoms with Crippen molar-refractivity contribution in [2.24, 2.45) is 5.11 Å². The summed E-state index contributed by atoms with van der Waals surface area (Å²) < 4.78 is 29.2. The Kier molecular flexibility index (Phi) is 19.9. The predicted octanol–water partition coefficient (Wildman–Crippen LogP) is 7.57. The van der Waals surface area contributed by atoms with E-state index >= 15 is 0 Å². The number of carbonyl (C=O) groups excluding carboxylic acids is 1. The molecule has 2 unspecified atom stereocenters. The standard InChI is InChI=1S/C29H50N5O8P.H3N/c1-3-4-5-6-7-8-9-10-11-12-13-14-15-16-17-18-19-40-29(37)43(38,39)41-22-25-24(32-33-30)20-26(42-25)34-21-23(2)27(35)31-28(34)36;/h21,24-26H,3-20,22H2,1-2H3,(H,38,39)(H,31,35,36);1H3/t24?,25-,26-;/m1./s1. The lowest BCUT2D eigenvalue weighted by Crippen LogP contribution is -2.33. The highest BCUT2D eigenvalue weighted by Crippen LogP contribution is 2.45. The highest BCUT2D eigenvalue weighted by atomic mass is 31.2. The molecule has 2 heterocycles. The summed E-state index contributed by atoms with van der Waals surface area (Å²) >= 11 is 0. The van der Waals surface area contributed by atoms with Crippen molar-refractivity contribution in [1.29, 1.82) is 0 Å². The molecule has 0 saturated carbocycles. The first kappa shape index (κ1) is 39.6. The molecule has 0 amide bonds. The number of unbranched alkanes of at least 4 members (excludes halogenated alkanes) is 15. The van der Waals surface area contributed by atoms with Gasteiger partial charge in [0, 0.05) is 23.1 Å². The summed E-state index contributed by atoms with van der Waals surface area (Å²) in [4.78, 5) is 51.0. The molecule has 252 valence electrons. The van der Waals surface area contributed by atoms with Gasteiger partial charge in [-0.3, -0.25) is 18.9 Å². The van der Waals surface area contributed by atoms with Crippen LogP contribution in [0.4, 0.5) is 4.79 Å². The van der Waals surface area contributed by atoms with Gasteiger partial charge in [-0.1, -0.05) is 108 Å². The fourth-order valence-corrected chi connectivity index (χ4v) is 5.85. The minimum atomic E-state index is -4.78. The highest BCUT2D eigenvalue weighted by molar-refractivity contribution is 7.70. The van der Waals surface area contributed by atoms with Crippen LogP contribution >= 0.6 is 7.60 Å². The maximum atomic E-state index is 12.4. The molecule has 1 aromatic heterocycles. The van der Waals surface area contributed by atoms with Gasteiger partial charge in [0.1, 0.15) is 6.23 Å². The van der Waals surface area contributed by atoms with Crippen molar-refractivity contribution < 1.29 is 28.3 Å². The Morgan fingerprint density at radius 1 is 1.05 bits per heavy atom. The summed E-state index contributed by atoms with van der Waals surface area (Å²) in [5, 5.41) is 3.62. The van der Waals surface area contributed by atoms with E-state index in [-0.39, 0.29) is 24.7 Å². The minimum Gasteiger partial charge on any atom is -0.457 e. The van der Waals surface area contributed by atoms with Crippen LogP contribution in [0.2, 0.25) is 0 Å². The van der Waals surface area contributed by atoms with Gasteiger partial charge in [0.25, 0.3) is 5.56 Å². The third-order valence-electron chi connectivity index (χ3n) is 7.73. The van der Waals surface area contributed by atoms with E-state index in [1.807, 2.05) is 0 Å². The van der Waals surface area contributed by atoms with E-state index in [0.29, 0.717) is 6.42 Å². The van der Waals surface area contributed by atoms with Crippen LogP contribution in [0.15, 0.2) is 20.9 Å². The summed E-state index contributed by atoms with van der Waals surface area (Å²) in [6, 6.07) is -0.838. The fourth-order valence-electron chi connectivity index (χ4n) is 5.14. The molecule has 1 fully saturated rings. The zero-order valence-electron chi connectivity index (χ0n) is 26.5. The van der Waals surface area contributed by atoms with Crippen LogP contribution in [0.5, 0.6) is 0 Å². The van der Waals surface area contributed by atoms with Crippen LogP contribution in [0.1, 0.15) is 128 Å². The van der Waals surface area contributed by atoms with Gasteiger partial charge in [0.05, 0.1) is 25.4 Å². The number of H-pyrrole nitrogens is 1. The molecule has 2 rings (SSSR count). The molecular weight excluding hydrogens is 591 g/mol. The zero-order valence-corrected chi connectivity index (χ0v) is 27.4. The Bertz CT molecular complexity index is 1190. The van der Waals surface area contributed by atoms with Crippen molar-refractivity contribution in [3.8, 4) is 0 Å². The first-order chi connectivity index (χ1) is 20.7. The van der Waals surface area contributed by atoms with Crippen molar-refractivity contribution >= 4 is 13.3 Å². The Hall–Kier alpha value is -2.47. The summed E-state index contributed by atoms with van der Waals surface area (Å²) in [5.74, 6) is 0. The van der Waals surface area contributed by atoms with Crippen LogP contribution in [-0.4, -0.2) is 45.5 Å². The topological polar surface area (TPSA) is 221 Å². The van der Waals surface area contributed by atoms with E-state index in [2.05, 4.69) is 21.9 Å². The first-order valence-electron chi connectivity index (χ1n) is 15.9. The number of azide groups is 1. The van der Waals surface area contributed by atoms with Crippen molar-refractivity contribution in [1.82, 2.24) is 15.7 Å². The van der Waals surface area contributed by atoms with Crippen molar-refractivity contribution in [2.75, 3.05) is 13.2 Å². The molecule has 0 bridgehead atoms. The van der Waals surface area contributed by atoms with Crippen LogP contribution in [0, 0.1) is 6.92 Å². The van der Waals surface area contributed by atoms with Gasteiger partial charge in [0.15, 0.2) is 0 Å². The number of aryl methyl sites for hydroxylation is 1. The molecule has 1 aromatic rings. The number of ether oxygens (including phenoxy) is 2. The smallest absolute Gasteiger partial charge is 0.435 e. The summed E-state index contributed by atoms with van der Waals surface area (Å²) in [7, 11) is -4.78. The Morgan fingerprint density at radius 2 is 1.57 bits per heavy atom. The van der Waals surface area contributed by atoms with E-state index in [4.69, 9.17) is 19.5 Å². The SMILES string of the molecule is CCCCCCCCCCCCCCCCCCOC(=O)P(=O)(O)OC[C@H]1O[C@@H](n2cc(C)c(=O)[nH]c2=O)CC1N=[N+]=[N-].N. The van der Waals surface area contributed by atoms with E-state index < -0.39 is 49.5 Å². The Morgan fingerprint density at radius 3 is 2.09 bits per heavy atom. The number of aromatic nitrogens is 2. The molecule has 4 atom stereocenters. The number of rotatable bonds is 23. The summed E-state index contributed by atoms with van der Waals surface area (Å²) in [6.45, 7) is 3.24. The molecular formula is C29H53N6O8P. The second-order valence-corrected chi connectivity index (χ2v) is 13.0. The van der Waals surface area contributed by atoms with Crippen molar-refractivity contribution in [3.63, 3.8) is 0 Å². The van der Waals surface area contributed by atoms with Crippen molar-refractivity contribution in [3.05, 3.63) is 43.0 Å². The van der Waals surface area contributed by atoms with Crippen molar-refractivity contribution in [2.45, 2.75) is 141 Å². The van der Waals surface area contributed by atoms with Crippen LogP contribution < -0.4 is 17.4 Å². The maximum absolute atomic E-state index is 12.4. The lowest BCUT2D eigenvalue weighted by atomic mass is 10.0. The van der Waals surface area contributed by atoms with E-state index in [0.717, 1.165) is 23.8 Å². The number of aromatic amines is 1. The summed E-state index contributed by atoms with van der Waals surface area (Å²) in [5.41, 5.74) is 6.56. The Balaban J connectivity index is 0.00000968. The number of hydrogen-bond acceptors (Lipinski definition) is 9. The summed E-state index contributed by atoms with van der Waals surface area (Å²) in [6.07, 6.45) is 18.9. The van der Waals surface area contributed by atoms with Gasteiger partial charge in [-0.05, 0) is 18.9 Å². The average molecular weight is 645 g/mol. The van der Waals surface area contributed by atoms with Gasteiger partial charge in [0.2, 0.25) is 0 Å². The first-order valence-corrected chi connectivity index (χ1v) is 17.4. The minimum absolute atomic E-state index is 0. The molecule has 1 aliphatic rings.